The van der Waals surface area contributed by atoms with Gasteiger partial charge in [-0.15, -0.1) is 0 Å². The molecule has 0 unspecified atom stereocenters. The van der Waals surface area contributed by atoms with E-state index >= 15 is 0 Å². The van der Waals surface area contributed by atoms with Gasteiger partial charge in [-0.25, -0.2) is 0 Å². The Hall–Kier alpha value is -3.13. The Labute approximate surface area is 162 Å². The number of aromatic nitrogens is 2. The normalized spacial score (nSPS) is 12.1. The maximum absolute atomic E-state index is 11.6. The van der Waals surface area contributed by atoms with Gasteiger partial charge in [-0.1, -0.05) is 13.8 Å². The fourth-order valence-corrected chi connectivity index (χ4v) is 3.79. The lowest BCUT2D eigenvalue weighted by atomic mass is 9.98. The van der Waals surface area contributed by atoms with Gasteiger partial charge in [-0.05, 0) is 37.4 Å². The molecule has 0 bridgehead atoms. The number of nitro groups is 1. The van der Waals surface area contributed by atoms with Crippen LogP contribution in [0.25, 0.3) is 22.2 Å². The van der Waals surface area contributed by atoms with Gasteiger partial charge in [0, 0.05) is 23.9 Å². The number of benzene rings is 2. The van der Waals surface area contributed by atoms with Crippen molar-refractivity contribution >= 4 is 28.0 Å². The van der Waals surface area contributed by atoms with E-state index in [0.717, 1.165) is 53.2 Å². The summed E-state index contributed by atoms with van der Waals surface area (Å²) in [4.78, 5) is 13.6. The summed E-state index contributed by atoms with van der Waals surface area (Å²) in [6.45, 7) is 7.77. The number of rotatable bonds is 7. The van der Waals surface area contributed by atoms with E-state index in [1.807, 2.05) is 22.9 Å². The van der Waals surface area contributed by atoms with Crippen molar-refractivity contribution in [1.29, 1.82) is 0 Å². The van der Waals surface area contributed by atoms with E-state index in [4.69, 9.17) is 9.84 Å². The molecule has 1 aliphatic heterocycles. The Morgan fingerprint density at radius 3 is 2.71 bits per heavy atom. The fraction of sp³-hybridized carbons (Fsp3) is 0.350. The van der Waals surface area contributed by atoms with Crippen molar-refractivity contribution < 1.29 is 9.66 Å². The second-order valence-corrected chi connectivity index (χ2v) is 6.75. The molecule has 0 spiro atoms. The van der Waals surface area contributed by atoms with E-state index in [1.165, 1.54) is 6.07 Å². The summed E-state index contributed by atoms with van der Waals surface area (Å²) in [7, 11) is 1.63. The van der Waals surface area contributed by atoms with Crippen molar-refractivity contribution in [2.24, 2.45) is 0 Å². The average Bonchev–Trinajstić information content (AvgIpc) is 3.08. The van der Waals surface area contributed by atoms with Crippen LogP contribution in [0.5, 0.6) is 5.75 Å². The summed E-state index contributed by atoms with van der Waals surface area (Å²) in [6, 6.07) is 8.93. The molecule has 0 radical (unpaired) electrons. The molecule has 3 aromatic rings. The maximum Gasteiger partial charge on any atom is 0.293 e. The molecule has 0 fully saturated rings. The minimum absolute atomic E-state index is 0.0542. The minimum atomic E-state index is -0.354. The van der Waals surface area contributed by atoms with E-state index < -0.39 is 0 Å². The van der Waals surface area contributed by atoms with E-state index in [0.29, 0.717) is 12.2 Å². The second-order valence-electron chi connectivity index (χ2n) is 6.75. The molecule has 4 rings (SSSR count). The van der Waals surface area contributed by atoms with E-state index in [9.17, 15) is 10.1 Å². The van der Waals surface area contributed by atoms with Gasteiger partial charge in [0.25, 0.3) is 5.69 Å². The molecule has 2 heterocycles. The molecule has 146 valence electrons. The molecule has 1 N–H and O–H groups in total. The molecule has 8 nitrogen and oxygen atoms in total. The Morgan fingerprint density at radius 2 is 2.04 bits per heavy atom. The molecule has 2 aromatic carbocycles. The highest BCUT2D eigenvalue weighted by atomic mass is 16.6. The Balaban J connectivity index is 1.93. The van der Waals surface area contributed by atoms with Crippen LogP contribution in [-0.2, 0) is 6.54 Å². The predicted molar refractivity (Wildman–Crippen MR) is 109 cm³/mol. The topological polar surface area (TPSA) is 85.5 Å². The zero-order valence-electron chi connectivity index (χ0n) is 16.2. The number of methoxy groups -OCH3 is 1. The first-order valence-corrected chi connectivity index (χ1v) is 9.43. The zero-order valence-corrected chi connectivity index (χ0v) is 16.2. The number of anilines is 2. The molecule has 1 aliphatic rings. The maximum atomic E-state index is 11.6. The largest absolute Gasteiger partial charge is 0.497 e. The van der Waals surface area contributed by atoms with Crippen LogP contribution in [-0.4, -0.2) is 46.3 Å². The standard InChI is InChI=1S/C20H23N5O3/c1-4-23(5-2)10-11-24-20-14-12-13(28-3)6-7-15(14)21-19-17(25(26)27)9-8-16(22-24)18(19)20/h6-9,12,21H,4-5,10-11H2,1-3H3. The number of fused-ring (bicyclic) bond motifs is 2. The Bertz CT molecular complexity index is 1060. The van der Waals surface area contributed by atoms with E-state index in [-0.39, 0.29) is 10.6 Å². The summed E-state index contributed by atoms with van der Waals surface area (Å²) in [5.41, 5.74) is 3.95. The average molecular weight is 381 g/mol. The van der Waals surface area contributed by atoms with Crippen molar-refractivity contribution in [3.8, 4) is 17.0 Å². The van der Waals surface area contributed by atoms with Gasteiger partial charge in [-0.3, -0.25) is 14.8 Å². The number of ether oxygens (including phenoxy) is 1. The summed E-state index contributed by atoms with van der Waals surface area (Å²) in [6.07, 6.45) is 0. The van der Waals surface area contributed by atoms with Gasteiger partial charge in [0.05, 0.1) is 35.2 Å². The third kappa shape index (κ3) is 2.86. The van der Waals surface area contributed by atoms with Crippen LogP contribution >= 0.6 is 0 Å². The number of nitrogens with one attached hydrogen (secondary N) is 1. The highest BCUT2D eigenvalue weighted by molar-refractivity contribution is 6.12. The van der Waals surface area contributed by atoms with Crippen molar-refractivity contribution in [2.45, 2.75) is 20.4 Å². The lowest BCUT2D eigenvalue weighted by Crippen LogP contribution is -2.27. The van der Waals surface area contributed by atoms with Crippen molar-refractivity contribution in [3.63, 3.8) is 0 Å². The number of likely N-dealkylation sites (N-methyl/N-ethyl adjacent to an activating group) is 1. The first-order chi connectivity index (χ1) is 13.6. The smallest absolute Gasteiger partial charge is 0.293 e. The molecule has 0 amide bonds. The third-order valence-corrected chi connectivity index (χ3v) is 5.35. The van der Waals surface area contributed by atoms with Crippen molar-refractivity contribution in [3.05, 3.63) is 40.4 Å². The zero-order chi connectivity index (χ0) is 19.8. The van der Waals surface area contributed by atoms with Crippen LogP contribution in [0.3, 0.4) is 0 Å². The van der Waals surface area contributed by atoms with Gasteiger partial charge >= 0.3 is 0 Å². The number of hydrogen-bond donors (Lipinski definition) is 1. The van der Waals surface area contributed by atoms with Crippen LogP contribution in [0.15, 0.2) is 30.3 Å². The first kappa shape index (κ1) is 18.2. The molecule has 28 heavy (non-hydrogen) atoms. The minimum Gasteiger partial charge on any atom is -0.497 e. The lowest BCUT2D eigenvalue weighted by Gasteiger charge is -2.22. The van der Waals surface area contributed by atoms with Crippen LogP contribution in [0.4, 0.5) is 17.1 Å². The third-order valence-electron chi connectivity index (χ3n) is 5.35. The van der Waals surface area contributed by atoms with Crippen LogP contribution in [0.2, 0.25) is 0 Å². The summed E-state index contributed by atoms with van der Waals surface area (Å²) < 4.78 is 7.37. The van der Waals surface area contributed by atoms with Crippen LogP contribution in [0.1, 0.15) is 13.8 Å². The molecule has 0 saturated carbocycles. The highest BCUT2D eigenvalue weighted by Crippen LogP contribution is 2.48. The molecule has 0 saturated heterocycles. The molecule has 0 atom stereocenters. The van der Waals surface area contributed by atoms with Crippen LogP contribution < -0.4 is 10.1 Å². The highest BCUT2D eigenvalue weighted by Gasteiger charge is 2.29. The lowest BCUT2D eigenvalue weighted by molar-refractivity contribution is -0.383. The molecular formula is C20H23N5O3. The number of hydrogen-bond acceptors (Lipinski definition) is 6. The van der Waals surface area contributed by atoms with Gasteiger partial charge in [0.15, 0.2) is 0 Å². The monoisotopic (exact) mass is 381 g/mol. The second kappa shape index (κ2) is 7.12. The summed E-state index contributed by atoms with van der Waals surface area (Å²) in [5, 5.41) is 20.4. The Kier molecular flexibility index (Phi) is 4.64. The number of nitrogens with zero attached hydrogens (tertiary/aromatic N) is 4. The molecule has 0 aliphatic carbocycles. The van der Waals surface area contributed by atoms with Crippen molar-refractivity contribution in [2.75, 3.05) is 32.1 Å². The van der Waals surface area contributed by atoms with Gasteiger partial charge < -0.3 is 15.0 Å². The van der Waals surface area contributed by atoms with Crippen molar-refractivity contribution in [1.82, 2.24) is 14.7 Å². The molecular weight excluding hydrogens is 358 g/mol. The quantitative estimate of drug-likeness (QED) is 0.384. The first-order valence-electron chi connectivity index (χ1n) is 9.43. The fourth-order valence-electron chi connectivity index (χ4n) is 3.79. The number of nitro benzene ring substituents is 1. The molecule has 8 heteroatoms. The Morgan fingerprint density at radius 1 is 1.25 bits per heavy atom. The summed E-state index contributed by atoms with van der Waals surface area (Å²) >= 11 is 0. The SMILES string of the molecule is CCN(CC)CCn1nc2ccc([N+](=O)[O-])c3c2c1-c1cc(OC)ccc1N3. The predicted octanol–water partition coefficient (Wildman–Crippen LogP) is 4.02. The van der Waals surface area contributed by atoms with E-state index in [2.05, 4.69) is 24.1 Å². The molecule has 1 aromatic heterocycles. The van der Waals surface area contributed by atoms with Gasteiger partial charge in [0.1, 0.15) is 11.4 Å². The summed E-state index contributed by atoms with van der Waals surface area (Å²) in [5.74, 6) is 0.735. The van der Waals surface area contributed by atoms with E-state index in [1.54, 1.807) is 13.2 Å². The van der Waals surface area contributed by atoms with Gasteiger partial charge in [-0.2, -0.15) is 5.10 Å². The van der Waals surface area contributed by atoms with Gasteiger partial charge in [0.2, 0.25) is 0 Å². The van der Waals surface area contributed by atoms with Crippen LogP contribution in [0, 0.1) is 10.1 Å².